The number of benzene rings is 2. The molecular weight excluding hydrogens is 545 g/mol. The van der Waals surface area contributed by atoms with E-state index in [9.17, 15) is 18.0 Å². The zero-order chi connectivity index (χ0) is 26.5. The van der Waals surface area contributed by atoms with Crippen molar-refractivity contribution in [1.29, 1.82) is 0 Å². The second-order valence-corrected chi connectivity index (χ2v) is 12.2. The smallest absolute Gasteiger partial charge is 0.243 e. The van der Waals surface area contributed by atoms with Gasteiger partial charge in [-0.15, -0.1) is 0 Å². The van der Waals surface area contributed by atoms with Crippen LogP contribution in [0.25, 0.3) is 0 Å². The fourth-order valence-electron chi connectivity index (χ4n) is 4.27. The van der Waals surface area contributed by atoms with Crippen LogP contribution in [0.15, 0.2) is 47.4 Å². The second kappa shape index (κ2) is 12.6. The fraction of sp³-hybridized carbons (Fsp3) is 0.440. The summed E-state index contributed by atoms with van der Waals surface area (Å²) in [5.74, 6) is -0.754. The normalized spacial score (nSPS) is 15.2. The minimum atomic E-state index is -3.95. The first-order valence-electron chi connectivity index (χ1n) is 11.8. The maximum Gasteiger partial charge on any atom is 0.243 e. The molecule has 196 valence electrons. The van der Waals surface area contributed by atoms with E-state index in [2.05, 4.69) is 5.32 Å². The number of halogens is 3. The number of hydrogen-bond acceptors (Lipinski definition) is 4. The van der Waals surface area contributed by atoms with Crippen molar-refractivity contribution in [2.24, 2.45) is 0 Å². The predicted octanol–water partition coefficient (Wildman–Crippen LogP) is 5.13. The van der Waals surface area contributed by atoms with E-state index < -0.39 is 28.5 Å². The van der Waals surface area contributed by atoms with Crippen LogP contribution in [0.3, 0.4) is 0 Å². The van der Waals surface area contributed by atoms with Gasteiger partial charge in [0.15, 0.2) is 0 Å². The van der Waals surface area contributed by atoms with Crippen LogP contribution < -0.4 is 5.32 Å². The Morgan fingerprint density at radius 1 is 1.03 bits per heavy atom. The standard InChI is InChI=1S/C25H30Cl3N3O4S/c1-3-23(25(33)29-19-6-4-5-7-19)31(15-17-8-13-21(27)22(28)14-17)24(32)16-30(2)36(34,35)20-11-9-18(26)10-12-20/h8-14,19,23H,3-7,15-16H2,1-2H3,(H,29,33). The van der Waals surface area contributed by atoms with Gasteiger partial charge in [0, 0.05) is 24.7 Å². The molecule has 0 radical (unpaired) electrons. The van der Waals surface area contributed by atoms with E-state index >= 15 is 0 Å². The minimum absolute atomic E-state index is 0.0178. The maximum atomic E-state index is 13.5. The van der Waals surface area contributed by atoms with Crippen LogP contribution in [-0.2, 0) is 26.2 Å². The fourth-order valence-corrected chi connectivity index (χ4v) is 5.84. The Morgan fingerprint density at radius 3 is 2.25 bits per heavy atom. The van der Waals surface area contributed by atoms with Gasteiger partial charge < -0.3 is 10.2 Å². The molecule has 0 bridgehead atoms. The highest BCUT2D eigenvalue weighted by Gasteiger charge is 2.33. The third-order valence-corrected chi connectivity index (χ3v) is 9.11. The van der Waals surface area contributed by atoms with Crippen molar-refractivity contribution in [3.63, 3.8) is 0 Å². The molecule has 1 N–H and O–H groups in total. The number of rotatable bonds is 10. The number of sulfonamides is 1. The lowest BCUT2D eigenvalue weighted by molar-refractivity contribution is -0.141. The summed E-state index contributed by atoms with van der Waals surface area (Å²) in [7, 11) is -2.62. The van der Waals surface area contributed by atoms with Gasteiger partial charge in [0.25, 0.3) is 0 Å². The van der Waals surface area contributed by atoms with Crippen molar-refractivity contribution in [3.8, 4) is 0 Å². The van der Waals surface area contributed by atoms with Gasteiger partial charge in [-0.05, 0) is 61.2 Å². The number of likely N-dealkylation sites (N-methyl/N-ethyl adjacent to an activating group) is 1. The molecule has 2 aromatic rings. The Labute approximate surface area is 227 Å². The zero-order valence-corrected chi connectivity index (χ0v) is 23.3. The topological polar surface area (TPSA) is 86.8 Å². The molecule has 1 aliphatic carbocycles. The quantitative estimate of drug-likeness (QED) is 0.426. The SMILES string of the molecule is CCC(C(=O)NC1CCCC1)N(Cc1ccc(Cl)c(Cl)c1)C(=O)CN(C)S(=O)(=O)c1ccc(Cl)cc1. The Morgan fingerprint density at radius 2 is 1.67 bits per heavy atom. The van der Waals surface area contributed by atoms with E-state index in [1.807, 2.05) is 6.92 Å². The van der Waals surface area contributed by atoms with Crippen molar-refractivity contribution >= 4 is 56.6 Å². The summed E-state index contributed by atoms with van der Waals surface area (Å²) in [6.45, 7) is 1.45. The third-order valence-electron chi connectivity index (χ3n) is 6.30. The van der Waals surface area contributed by atoms with E-state index in [1.165, 1.54) is 36.2 Å². The van der Waals surface area contributed by atoms with Crippen LogP contribution in [0.4, 0.5) is 0 Å². The van der Waals surface area contributed by atoms with Gasteiger partial charge >= 0.3 is 0 Å². The van der Waals surface area contributed by atoms with Crippen LogP contribution >= 0.6 is 34.8 Å². The number of nitrogens with zero attached hydrogens (tertiary/aromatic N) is 2. The number of hydrogen-bond donors (Lipinski definition) is 1. The molecule has 1 atom stereocenters. The molecule has 11 heteroatoms. The Hall–Kier alpha value is -1.84. The van der Waals surface area contributed by atoms with Gasteiger partial charge in [-0.2, -0.15) is 4.31 Å². The molecule has 1 unspecified atom stereocenters. The summed E-state index contributed by atoms with van der Waals surface area (Å²) in [5, 5.41) is 4.16. The Bertz CT molecular complexity index is 1190. The monoisotopic (exact) mass is 573 g/mol. The first kappa shape index (κ1) is 28.7. The van der Waals surface area contributed by atoms with E-state index in [4.69, 9.17) is 34.8 Å². The largest absolute Gasteiger partial charge is 0.352 e. The summed E-state index contributed by atoms with van der Waals surface area (Å²) in [6, 6.07) is 10.0. The number of nitrogens with one attached hydrogen (secondary N) is 1. The molecule has 36 heavy (non-hydrogen) atoms. The number of amides is 2. The van der Waals surface area contributed by atoms with Gasteiger partial charge in [-0.25, -0.2) is 8.42 Å². The van der Waals surface area contributed by atoms with Gasteiger partial charge in [0.05, 0.1) is 21.5 Å². The average molecular weight is 575 g/mol. The molecule has 0 saturated heterocycles. The van der Waals surface area contributed by atoms with Gasteiger partial charge in [0.2, 0.25) is 21.8 Å². The Kier molecular flexibility index (Phi) is 10.1. The highest BCUT2D eigenvalue weighted by molar-refractivity contribution is 7.89. The molecule has 3 rings (SSSR count). The molecular formula is C25H30Cl3N3O4S. The molecule has 2 amide bonds. The van der Waals surface area contributed by atoms with Crippen LogP contribution in [0.1, 0.15) is 44.6 Å². The van der Waals surface area contributed by atoms with Crippen molar-refractivity contribution in [1.82, 2.24) is 14.5 Å². The van der Waals surface area contributed by atoms with E-state index in [1.54, 1.807) is 18.2 Å². The summed E-state index contributed by atoms with van der Waals surface area (Å²) in [6.07, 6.45) is 4.29. The van der Waals surface area contributed by atoms with Crippen LogP contribution in [0.2, 0.25) is 15.1 Å². The Balaban J connectivity index is 1.86. The number of carbonyl (C=O) groups excluding carboxylic acids is 2. The van der Waals surface area contributed by atoms with Crippen LogP contribution in [-0.4, -0.2) is 55.1 Å². The highest BCUT2D eigenvalue weighted by Crippen LogP contribution is 2.25. The summed E-state index contributed by atoms with van der Waals surface area (Å²) >= 11 is 18.1. The van der Waals surface area contributed by atoms with Crippen LogP contribution in [0.5, 0.6) is 0 Å². The second-order valence-electron chi connectivity index (χ2n) is 8.90. The molecule has 0 heterocycles. The van der Waals surface area contributed by atoms with Crippen molar-refractivity contribution in [2.75, 3.05) is 13.6 Å². The average Bonchev–Trinajstić information content (AvgIpc) is 3.34. The molecule has 7 nitrogen and oxygen atoms in total. The maximum absolute atomic E-state index is 13.5. The van der Waals surface area contributed by atoms with E-state index in [0.29, 0.717) is 27.1 Å². The van der Waals surface area contributed by atoms with E-state index in [-0.39, 0.29) is 23.4 Å². The van der Waals surface area contributed by atoms with Gasteiger partial charge in [-0.1, -0.05) is 60.6 Å². The van der Waals surface area contributed by atoms with Crippen molar-refractivity contribution in [3.05, 3.63) is 63.1 Å². The summed E-state index contributed by atoms with van der Waals surface area (Å²) < 4.78 is 27.1. The molecule has 0 spiro atoms. The summed E-state index contributed by atoms with van der Waals surface area (Å²) in [5.41, 5.74) is 0.674. The first-order chi connectivity index (χ1) is 17.0. The van der Waals surface area contributed by atoms with Gasteiger partial charge in [0.1, 0.15) is 6.04 Å². The molecule has 1 saturated carbocycles. The lowest BCUT2D eigenvalue weighted by Crippen LogP contribution is -2.53. The predicted molar refractivity (Wildman–Crippen MR) is 143 cm³/mol. The molecule has 1 aliphatic rings. The van der Waals surface area contributed by atoms with Gasteiger partial charge in [-0.3, -0.25) is 9.59 Å². The molecule has 2 aromatic carbocycles. The molecule has 0 aliphatic heterocycles. The van der Waals surface area contributed by atoms with Crippen molar-refractivity contribution in [2.45, 2.75) is 62.6 Å². The molecule has 0 aromatic heterocycles. The molecule has 1 fully saturated rings. The minimum Gasteiger partial charge on any atom is -0.352 e. The summed E-state index contributed by atoms with van der Waals surface area (Å²) in [4.78, 5) is 28.2. The van der Waals surface area contributed by atoms with E-state index in [0.717, 1.165) is 30.0 Å². The highest BCUT2D eigenvalue weighted by atomic mass is 35.5. The van der Waals surface area contributed by atoms with Crippen molar-refractivity contribution < 1.29 is 18.0 Å². The number of carbonyl (C=O) groups is 2. The third kappa shape index (κ3) is 7.13. The lowest BCUT2D eigenvalue weighted by atomic mass is 10.1. The lowest BCUT2D eigenvalue weighted by Gasteiger charge is -2.32. The first-order valence-corrected chi connectivity index (χ1v) is 14.4. The van der Waals surface area contributed by atoms with Crippen LogP contribution in [0, 0.1) is 0 Å². The zero-order valence-electron chi connectivity index (χ0n) is 20.2.